The van der Waals surface area contributed by atoms with E-state index in [4.69, 9.17) is 21.8 Å². The van der Waals surface area contributed by atoms with E-state index in [0.717, 1.165) is 0 Å². The molecule has 4 N–H and O–H groups in total. The fourth-order valence-electron chi connectivity index (χ4n) is 2.56. The number of nitrogens with one attached hydrogen (secondary N) is 2. The highest BCUT2D eigenvalue weighted by atomic mass is 35.5. The van der Waals surface area contributed by atoms with Crippen LogP contribution in [0.15, 0.2) is 62.9 Å². The van der Waals surface area contributed by atoms with Gasteiger partial charge in [-0.25, -0.2) is 13.2 Å². The molecule has 0 saturated heterocycles. The first kappa shape index (κ1) is 21.0. The van der Waals surface area contributed by atoms with Gasteiger partial charge in [0.1, 0.15) is 5.58 Å². The lowest BCUT2D eigenvalue weighted by Gasteiger charge is -2.13. The van der Waals surface area contributed by atoms with Crippen LogP contribution in [0.5, 0.6) is 0 Å². The predicted octanol–water partition coefficient (Wildman–Crippen LogP) is 2.33. The van der Waals surface area contributed by atoms with Gasteiger partial charge in [-0.3, -0.25) is 4.72 Å². The standard InChI is InChI=1S/C17H16ClN3O6S2/c18-12-5-6-15(28(23,24)8-7-20-17(19)22)13(10-12)21-29(25,26)16-9-11-3-1-2-4-14(11)27-16/h1-6,9-10,21H,7-8H2,(H3,19,20,22). The van der Waals surface area contributed by atoms with E-state index in [2.05, 4.69) is 10.0 Å². The molecule has 9 nitrogen and oxygen atoms in total. The second-order valence-corrected chi connectivity index (χ2v) is 10.1. The molecule has 154 valence electrons. The fraction of sp³-hybridized carbons (Fsp3) is 0.118. The molecule has 29 heavy (non-hydrogen) atoms. The number of primary amides is 1. The van der Waals surface area contributed by atoms with E-state index in [1.807, 2.05) is 0 Å². The zero-order valence-corrected chi connectivity index (χ0v) is 17.1. The molecule has 0 aliphatic carbocycles. The number of sulfonamides is 1. The number of halogens is 1. The molecule has 1 heterocycles. The molecule has 1 aromatic heterocycles. The van der Waals surface area contributed by atoms with Crippen molar-refractivity contribution in [3.8, 4) is 0 Å². The number of furan rings is 1. The molecule has 0 aliphatic heterocycles. The number of carbonyl (C=O) groups excluding carboxylic acids is 1. The molecule has 0 spiro atoms. The van der Waals surface area contributed by atoms with Crippen molar-refractivity contribution in [3.63, 3.8) is 0 Å². The van der Waals surface area contributed by atoms with Crippen LogP contribution in [0.2, 0.25) is 5.02 Å². The van der Waals surface area contributed by atoms with Crippen molar-refractivity contribution in [2.45, 2.75) is 9.99 Å². The zero-order valence-electron chi connectivity index (χ0n) is 14.8. The third-order valence-electron chi connectivity index (χ3n) is 3.86. The van der Waals surface area contributed by atoms with E-state index in [-0.39, 0.29) is 27.2 Å². The maximum atomic E-state index is 12.7. The number of carbonyl (C=O) groups is 1. The number of amides is 2. The predicted molar refractivity (Wildman–Crippen MR) is 108 cm³/mol. The highest BCUT2D eigenvalue weighted by Crippen LogP contribution is 2.30. The highest BCUT2D eigenvalue weighted by Gasteiger charge is 2.25. The van der Waals surface area contributed by atoms with Gasteiger partial charge in [-0.2, -0.15) is 8.42 Å². The molecule has 0 aliphatic rings. The lowest BCUT2D eigenvalue weighted by atomic mass is 10.3. The third-order valence-corrected chi connectivity index (χ3v) is 7.08. The molecule has 0 atom stereocenters. The van der Waals surface area contributed by atoms with Crippen molar-refractivity contribution in [3.05, 3.63) is 53.6 Å². The Kier molecular flexibility index (Phi) is 5.73. The summed E-state index contributed by atoms with van der Waals surface area (Å²) in [6.45, 7) is -0.240. The Bertz CT molecular complexity index is 1250. The average Bonchev–Trinajstić information content (AvgIpc) is 3.06. The minimum Gasteiger partial charge on any atom is -0.443 e. The zero-order chi connectivity index (χ0) is 21.2. The summed E-state index contributed by atoms with van der Waals surface area (Å²) in [4.78, 5) is 10.5. The SMILES string of the molecule is NC(=O)NCCS(=O)(=O)c1ccc(Cl)cc1NS(=O)(=O)c1cc2ccccc2o1. The number of nitrogens with two attached hydrogens (primary N) is 1. The topological polar surface area (TPSA) is 149 Å². The molecule has 3 rings (SSSR count). The Hall–Kier alpha value is -2.76. The quantitative estimate of drug-likeness (QED) is 0.495. The molecule has 0 bridgehead atoms. The summed E-state index contributed by atoms with van der Waals surface area (Å²) in [7, 11) is -8.21. The first-order valence-electron chi connectivity index (χ1n) is 8.15. The summed E-state index contributed by atoms with van der Waals surface area (Å²) in [5.41, 5.74) is 5.05. The number of hydrogen-bond acceptors (Lipinski definition) is 6. The van der Waals surface area contributed by atoms with Crippen LogP contribution in [0.1, 0.15) is 0 Å². The summed E-state index contributed by atoms with van der Waals surface area (Å²) in [6.07, 6.45) is 0. The van der Waals surface area contributed by atoms with Gasteiger partial charge in [0.05, 0.1) is 16.3 Å². The summed E-state index contributed by atoms with van der Waals surface area (Å²) in [5.74, 6) is -0.489. The minimum absolute atomic E-state index is 0.126. The first-order valence-corrected chi connectivity index (χ1v) is 11.7. The molecule has 2 aromatic carbocycles. The molecule has 0 saturated carbocycles. The largest absolute Gasteiger partial charge is 0.443 e. The highest BCUT2D eigenvalue weighted by molar-refractivity contribution is 7.93. The second-order valence-electron chi connectivity index (χ2n) is 5.96. The Morgan fingerprint density at radius 2 is 1.79 bits per heavy atom. The maximum absolute atomic E-state index is 12.7. The molecule has 3 aromatic rings. The number of rotatable bonds is 7. The number of para-hydroxylation sites is 1. The molecule has 0 fully saturated rings. The van der Waals surface area contributed by atoms with Crippen molar-refractivity contribution in [1.82, 2.24) is 5.32 Å². The molecule has 12 heteroatoms. The Labute approximate surface area is 171 Å². The van der Waals surface area contributed by atoms with Gasteiger partial charge in [0, 0.05) is 23.0 Å². The minimum atomic E-state index is -4.24. The summed E-state index contributed by atoms with van der Waals surface area (Å²) < 4.78 is 58.3. The van der Waals surface area contributed by atoms with Gasteiger partial charge in [0.25, 0.3) is 10.0 Å². The lowest BCUT2D eigenvalue weighted by molar-refractivity contribution is 0.249. The third kappa shape index (κ3) is 4.81. The van der Waals surface area contributed by atoms with E-state index >= 15 is 0 Å². The van der Waals surface area contributed by atoms with Gasteiger partial charge in [-0.1, -0.05) is 29.8 Å². The average molecular weight is 458 g/mol. The fourth-order valence-corrected chi connectivity index (χ4v) is 5.15. The van der Waals surface area contributed by atoms with Crippen molar-refractivity contribution < 1.29 is 26.0 Å². The molecular weight excluding hydrogens is 442 g/mol. The van der Waals surface area contributed by atoms with E-state index in [1.54, 1.807) is 24.3 Å². The Balaban J connectivity index is 1.96. The molecular formula is C17H16ClN3O6S2. The van der Waals surface area contributed by atoms with E-state index in [9.17, 15) is 21.6 Å². The van der Waals surface area contributed by atoms with Gasteiger partial charge in [0.2, 0.25) is 5.09 Å². The maximum Gasteiger partial charge on any atom is 0.312 e. The normalized spacial score (nSPS) is 12.0. The lowest BCUT2D eigenvalue weighted by Crippen LogP contribution is -2.33. The van der Waals surface area contributed by atoms with Gasteiger partial charge >= 0.3 is 6.03 Å². The Morgan fingerprint density at radius 1 is 1.07 bits per heavy atom. The summed E-state index contributed by atoms with van der Waals surface area (Å²) >= 11 is 5.93. The number of anilines is 1. The van der Waals surface area contributed by atoms with Crippen LogP contribution in [0, 0.1) is 0 Å². The van der Waals surface area contributed by atoms with Gasteiger partial charge in [-0.15, -0.1) is 0 Å². The molecule has 0 unspecified atom stereocenters. The van der Waals surface area contributed by atoms with Crippen molar-refractivity contribution >= 4 is 54.1 Å². The van der Waals surface area contributed by atoms with Crippen LogP contribution >= 0.6 is 11.6 Å². The van der Waals surface area contributed by atoms with E-state index in [1.165, 1.54) is 24.3 Å². The smallest absolute Gasteiger partial charge is 0.312 e. The van der Waals surface area contributed by atoms with Crippen LogP contribution in [-0.4, -0.2) is 35.2 Å². The van der Waals surface area contributed by atoms with Gasteiger partial charge in [-0.05, 0) is 24.3 Å². The van der Waals surface area contributed by atoms with Crippen LogP contribution in [-0.2, 0) is 19.9 Å². The van der Waals surface area contributed by atoms with Crippen molar-refractivity contribution in [1.29, 1.82) is 0 Å². The Morgan fingerprint density at radius 3 is 2.48 bits per heavy atom. The first-order chi connectivity index (χ1) is 13.6. The van der Waals surface area contributed by atoms with Crippen LogP contribution in [0.3, 0.4) is 0 Å². The van der Waals surface area contributed by atoms with Crippen molar-refractivity contribution in [2.24, 2.45) is 5.73 Å². The van der Waals surface area contributed by atoms with E-state index < -0.39 is 31.6 Å². The summed E-state index contributed by atoms with van der Waals surface area (Å²) in [5, 5.41) is 2.49. The number of benzene rings is 2. The number of fused-ring (bicyclic) bond motifs is 1. The number of urea groups is 1. The van der Waals surface area contributed by atoms with Gasteiger partial charge < -0.3 is 15.5 Å². The number of hydrogen-bond donors (Lipinski definition) is 3. The van der Waals surface area contributed by atoms with Crippen molar-refractivity contribution in [2.75, 3.05) is 17.0 Å². The monoisotopic (exact) mass is 457 g/mol. The van der Waals surface area contributed by atoms with Gasteiger partial charge in [0.15, 0.2) is 9.84 Å². The van der Waals surface area contributed by atoms with Crippen LogP contribution in [0.4, 0.5) is 10.5 Å². The van der Waals surface area contributed by atoms with Crippen LogP contribution < -0.4 is 15.8 Å². The molecule has 2 amide bonds. The number of sulfone groups is 1. The summed E-state index contributed by atoms with van der Waals surface area (Å²) in [6, 6.07) is 10.8. The van der Waals surface area contributed by atoms with E-state index in [0.29, 0.717) is 11.0 Å². The van der Waals surface area contributed by atoms with Crippen LogP contribution in [0.25, 0.3) is 11.0 Å². The molecule has 0 radical (unpaired) electrons. The second kappa shape index (κ2) is 7.93.